The number of rotatable bonds is 3. The van der Waals surface area contributed by atoms with Crippen LogP contribution in [0.3, 0.4) is 0 Å². The van der Waals surface area contributed by atoms with Gasteiger partial charge in [0.1, 0.15) is 0 Å². The van der Waals surface area contributed by atoms with E-state index in [0.29, 0.717) is 6.10 Å². The topological polar surface area (TPSA) is 21.3 Å². The van der Waals surface area contributed by atoms with E-state index < -0.39 is 0 Å². The summed E-state index contributed by atoms with van der Waals surface area (Å²) in [6.07, 6.45) is 2.97. The molecule has 10 heavy (non-hydrogen) atoms. The molecule has 0 aromatic rings. The van der Waals surface area contributed by atoms with E-state index in [9.17, 15) is 0 Å². The van der Waals surface area contributed by atoms with Gasteiger partial charge in [0, 0.05) is 7.11 Å². The van der Waals surface area contributed by atoms with E-state index in [1.165, 1.54) is 25.9 Å². The van der Waals surface area contributed by atoms with Crippen LogP contribution in [0, 0.1) is 5.92 Å². The van der Waals surface area contributed by atoms with Crippen molar-refractivity contribution in [3.8, 4) is 0 Å². The van der Waals surface area contributed by atoms with E-state index >= 15 is 0 Å². The predicted octanol–water partition coefficient (Wildman–Crippen LogP) is 1.02. The predicted molar refractivity (Wildman–Crippen MR) is 42.1 cm³/mol. The lowest BCUT2D eigenvalue weighted by Crippen LogP contribution is -2.15. The number of hydrogen-bond donors (Lipinski definition) is 1. The van der Waals surface area contributed by atoms with Crippen LogP contribution >= 0.6 is 0 Å². The molecule has 0 bridgehead atoms. The summed E-state index contributed by atoms with van der Waals surface area (Å²) < 4.78 is 5.18. The van der Waals surface area contributed by atoms with Crippen molar-refractivity contribution in [2.45, 2.75) is 25.9 Å². The Morgan fingerprint density at radius 2 is 2.50 bits per heavy atom. The summed E-state index contributed by atoms with van der Waals surface area (Å²) in [7, 11) is 1.78. The largest absolute Gasteiger partial charge is 0.382 e. The van der Waals surface area contributed by atoms with Crippen molar-refractivity contribution in [1.82, 2.24) is 5.32 Å². The summed E-state index contributed by atoms with van der Waals surface area (Å²) >= 11 is 0. The van der Waals surface area contributed by atoms with E-state index in [4.69, 9.17) is 4.74 Å². The van der Waals surface area contributed by atoms with Gasteiger partial charge < -0.3 is 10.1 Å². The minimum atomic E-state index is 0.435. The molecule has 1 aliphatic heterocycles. The Hall–Kier alpha value is -0.0800. The molecule has 1 aliphatic rings. The fourth-order valence-electron chi connectivity index (χ4n) is 1.48. The zero-order valence-electron chi connectivity index (χ0n) is 6.89. The van der Waals surface area contributed by atoms with Crippen LogP contribution in [-0.2, 0) is 4.74 Å². The van der Waals surface area contributed by atoms with Crippen molar-refractivity contribution in [2.24, 2.45) is 5.92 Å². The molecule has 2 atom stereocenters. The van der Waals surface area contributed by atoms with E-state index in [1.807, 2.05) is 0 Å². The van der Waals surface area contributed by atoms with E-state index in [-0.39, 0.29) is 0 Å². The lowest BCUT2D eigenvalue weighted by atomic mass is 10.0. The van der Waals surface area contributed by atoms with Crippen LogP contribution in [-0.4, -0.2) is 26.3 Å². The van der Waals surface area contributed by atoms with Gasteiger partial charge in [0.2, 0.25) is 0 Å². The van der Waals surface area contributed by atoms with Gasteiger partial charge in [-0.25, -0.2) is 0 Å². The average Bonchev–Trinajstić information content (AvgIpc) is 2.40. The maximum absolute atomic E-state index is 5.18. The fourth-order valence-corrected chi connectivity index (χ4v) is 1.48. The summed E-state index contributed by atoms with van der Waals surface area (Å²) in [6.45, 7) is 4.52. The quantitative estimate of drug-likeness (QED) is 0.637. The molecule has 1 N–H and O–H groups in total. The van der Waals surface area contributed by atoms with Crippen molar-refractivity contribution < 1.29 is 4.74 Å². The van der Waals surface area contributed by atoms with Gasteiger partial charge in [-0.1, -0.05) is 0 Å². The molecule has 2 nitrogen and oxygen atoms in total. The smallest absolute Gasteiger partial charge is 0.0546 e. The maximum atomic E-state index is 5.18. The molecular weight excluding hydrogens is 126 g/mol. The third-order valence-corrected chi connectivity index (χ3v) is 2.23. The monoisotopic (exact) mass is 143 g/mol. The molecular formula is C8H17NO. The molecule has 1 saturated heterocycles. The molecule has 0 aromatic carbocycles. The normalized spacial score (nSPS) is 28.8. The minimum absolute atomic E-state index is 0.435. The molecule has 0 saturated carbocycles. The summed E-state index contributed by atoms with van der Waals surface area (Å²) in [5.41, 5.74) is 0. The van der Waals surface area contributed by atoms with E-state index in [2.05, 4.69) is 12.2 Å². The van der Waals surface area contributed by atoms with Crippen LogP contribution in [0.2, 0.25) is 0 Å². The highest BCUT2D eigenvalue weighted by Crippen LogP contribution is 2.15. The number of ether oxygens (including phenoxy) is 1. The van der Waals surface area contributed by atoms with Crippen LogP contribution in [0.25, 0.3) is 0 Å². The second-order valence-corrected chi connectivity index (χ2v) is 3.14. The van der Waals surface area contributed by atoms with Crippen molar-refractivity contribution in [3.05, 3.63) is 0 Å². The number of nitrogens with one attached hydrogen (secondary N) is 1. The van der Waals surface area contributed by atoms with Gasteiger partial charge in [-0.3, -0.25) is 0 Å². The zero-order chi connectivity index (χ0) is 7.40. The second-order valence-electron chi connectivity index (χ2n) is 3.14. The van der Waals surface area contributed by atoms with Crippen LogP contribution in [0.5, 0.6) is 0 Å². The lowest BCUT2D eigenvalue weighted by Gasteiger charge is -2.13. The first-order valence-corrected chi connectivity index (χ1v) is 4.06. The van der Waals surface area contributed by atoms with Gasteiger partial charge >= 0.3 is 0 Å². The van der Waals surface area contributed by atoms with Crippen LogP contribution < -0.4 is 5.32 Å². The molecule has 1 fully saturated rings. The lowest BCUT2D eigenvalue weighted by molar-refractivity contribution is 0.0975. The molecule has 0 spiro atoms. The van der Waals surface area contributed by atoms with Gasteiger partial charge in [-0.2, -0.15) is 0 Å². The third-order valence-electron chi connectivity index (χ3n) is 2.23. The molecule has 0 radical (unpaired) electrons. The molecule has 2 unspecified atom stereocenters. The summed E-state index contributed by atoms with van der Waals surface area (Å²) in [5.74, 6) is 0.856. The highest BCUT2D eigenvalue weighted by Gasteiger charge is 2.16. The third kappa shape index (κ3) is 2.27. The Morgan fingerprint density at radius 1 is 1.70 bits per heavy atom. The molecule has 2 heteroatoms. The molecule has 1 rings (SSSR count). The van der Waals surface area contributed by atoms with Crippen molar-refractivity contribution in [3.63, 3.8) is 0 Å². The van der Waals surface area contributed by atoms with Crippen LogP contribution in [0.4, 0.5) is 0 Å². The SMILES string of the molecule is COC(C)CC1CCNC1. The first kappa shape index (κ1) is 8.02. The molecule has 60 valence electrons. The second kappa shape index (κ2) is 3.94. The van der Waals surface area contributed by atoms with Gasteiger partial charge in [-0.05, 0) is 38.8 Å². The highest BCUT2D eigenvalue weighted by molar-refractivity contribution is 4.72. The fraction of sp³-hybridized carbons (Fsp3) is 1.00. The van der Waals surface area contributed by atoms with Crippen molar-refractivity contribution in [2.75, 3.05) is 20.2 Å². The van der Waals surface area contributed by atoms with Crippen LogP contribution in [0.1, 0.15) is 19.8 Å². The summed E-state index contributed by atoms with van der Waals surface area (Å²) in [5, 5.41) is 3.35. The Balaban J connectivity index is 2.11. The van der Waals surface area contributed by atoms with Gasteiger partial charge in [0.15, 0.2) is 0 Å². The van der Waals surface area contributed by atoms with Gasteiger partial charge in [0.25, 0.3) is 0 Å². The number of methoxy groups -OCH3 is 1. The Kier molecular flexibility index (Phi) is 3.16. The first-order valence-electron chi connectivity index (χ1n) is 4.06. The Bertz CT molecular complexity index is 89.3. The Morgan fingerprint density at radius 3 is 3.00 bits per heavy atom. The van der Waals surface area contributed by atoms with Crippen molar-refractivity contribution in [1.29, 1.82) is 0 Å². The molecule has 0 aliphatic carbocycles. The van der Waals surface area contributed by atoms with Crippen LogP contribution in [0.15, 0.2) is 0 Å². The Labute approximate surface area is 63.0 Å². The van der Waals surface area contributed by atoms with Crippen molar-refractivity contribution >= 4 is 0 Å². The minimum Gasteiger partial charge on any atom is -0.382 e. The van der Waals surface area contributed by atoms with E-state index in [0.717, 1.165) is 5.92 Å². The van der Waals surface area contributed by atoms with E-state index in [1.54, 1.807) is 7.11 Å². The molecule has 0 aromatic heterocycles. The first-order chi connectivity index (χ1) is 4.83. The highest BCUT2D eigenvalue weighted by atomic mass is 16.5. The molecule has 0 amide bonds. The standard InChI is InChI=1S/C8H17NO/c1-7(10-2)5-8-3-4-9-6-8/h7-9H,3-6H2,1-2H3. The number of hydrogen-bond acceptors (Lipinski definition) is 2. The zero-order valence-corrected chi connectivity index (χ0v) is 6.89. The van der Waals surface area contributed by atoms with Gasteiger partial charge in [-0.15, -0.1) is 0 Å². The summed E-state index contributed by atoms with van der Waals surface area (Å²) in [6, 6.07) is 0. The maximum Gasteiger partial charge on any atom is 0.0546 e. The van der Waals surface area contributed by atoms with Gasteiger partial charge in [0.05, 0.1) is 6.10 Å². The average molecular weight is 143 g/mol. The summed E-state index contributed by atoms with van der Waals surface area (Å²) in [4.78, 5) is 0. The molecule has 1 heterocycles.